The first-order valence-electron chi connectivity index (χ1n) is 14.0. The summed E-state index contributed by atoms with van der Waals surface area (Å²) in [4.78, 5) is 2.21. The topological polar surface area (TPSA) is 47.7 Å². The number of likely N-dealkylation sites (tertiary alicyclic amines) is 1. The molecule has 7 heteroatoms. The summed E-state index contributed by atoms with van der Waals surface area (Å²) < 4.78 is 54.4. The maximum Gasteiger partial charge on any atom is 0.165 e. The molecule has 1 saturated heterocycles. The smallest absolute Gasteiger partial charge is 0.165 e. The van der Waals surface area contributed by atoms with Crippen LogP contribution in [0.4, 0.5) is 18.9 Å². The van der Waals surface area contributed by atoms with Crippen LogP contribution in [0.1, 0.15) is 56.2 Å². The van der Waals surface area contributed by atoms with Gasteiger partial charge in [0.25, 0.3) is 0 Å². The SMILES string of the molecule is C=C/C(=C\C=C(/C)C1=C(c2cc(F)c(OCC)cc2F)CCCc2cc(N)ccc21)O[C@H]1CCN(CCCF)C1. The summed E-state index contributed by atoms with van der Waals surface area (Å²) in [5.74, 6) is -0.574. The van der Waals surface area contributed by atoms with E-state index in [1.54, 1.807) is 13.0 Å². The van der Waals surface area contributed by atoms with Crippen LogP contribution in [0.2, 0.25) is 0 Å². The van der Waals surface area contributed by atoms with Crippen molar-refractivity contribution in [2.45, 2.75) is 52.1 Å². The molecule has 0 unspecified atom stereocenters. The van der Waals surface area contributed by atoms with Gasteiger partial charge < -0.3 is 15.2 Å². The number of nitrogen functional groups attached to an aromatic ring is 1. The van der Waals surface area contributed by atoms with Gasteiger partial charge in [0.15, 0.2) is 11.6 Å². The van der Waals surface area contributed by atoms with E-state index in [1.807, 2.05) is 37.3 Å². The van der Waals surface area contributed by atoms with E-state index in [9.17, 15) is 8.78 Å². The maximum absolute atomic E-state index is 15.5. The van der Waals surface area contributed by atoms with E-state index in [4.69, 9.17) is 15.2 Å². The molecule has 2 N–H and O–H groups in total. The Labute approximate surface area is 235 Å². The van der Waals surface area contributed by atoms with Crippen LogP contribution in [0.5, 0.6) is 5.75 Å². The maximum atomic E-state index is 15.5. The summed E-state index contributed by atoms with van der Waals surface area (Å²) >= 11 is 0. The standard InChI is InChI=1S/C33H39F3N2O2/c1-4-25(40-26-14-17-38(21-26)16-7-15-34)12-10-22(3)33-27-13-11-24(37)18-23(27)8-6-9-28(33)29-19-31(36)32(39-5-2)20-30(29)35/h4,10-13,18-20,26H,1,5-9,14-17,21,37H2,2-3H3/b22-10+,25-12+/t26-/m0/s1. The van der Waals surface area contributed by atoms with Gasteiger partial charge in [-0.3, -0.25) is 9.29 Å². The van der Waals surface area contributed by atoms with E-state index in [1.165, 1.54) is 6.07 Å². The molecule has 2 aliphatic rings. The number of hydrogen-bond donors (Lipinski definition) is 1. The molecule has 0 bridgehead atoms. The second-order valence-corrected chi connectivity index (χ2v) is 10.3. The van der Waals surface area contributed by atoms with Crippen LogP contribution in [-0.2, 0) is 11.2 Å². The quantitative estimate of drug-likeness (QED) is 0.177. The molecule has 1 aliphatic heterocycles. The Kier molecular flexibility index (Phi) is 10.2. The lowest BCUT2D eigenvalue weighted by Gasteiger charge is -2.19. The summed E-state index contributed by atoms with van der Waals surface area (Å²) in [5, 5.41) is 0. The van der Waals surface area contributed by atoms with Crippen molar-refractivity contribution in [1.82, 2.24) is 4.90 Å². The van der Waals surface area contributed by atoms with Crippen LogP contribution in [0.15, 0.2) is 66.5 Å². The first-order chi connectivity index (χ1) is 19.3. The van der Waals surface area contributed by atoms with Crippen molar-refractivity contribution >= 4 is 16.8 Å². The molecular weight excluding hydrogens is 513 g/mol. The number of ether oxygens (including phenoxy) is 2. The van der Waals surface area contributed by atoms with Crippen LogP contribution in [0.25, 0.3) is 11.1 Å². The van der Waals surface area contributed by atoms with E-state index in [0.717, 1.165) is 72.8 Å². The molecule has 1 fully saturated rings. The van der Waals surface area contributed by atoms with Crippen molar-refractivity contribution < 1.29 is 22.6 Å². The Bertz CT molecular complexity index is 1320. The van der Waals surface area contributed by atoms with Gasteiger partial charge in [-0.1, -0.05) is 18.7 Å². The summed E-state index contributed by atoms with van der Waals surface area (Å²) in [6, 6.07) is 8.14. The lowest BCUT2D eigenvalue weighted by atomic mass is 9.87. The van der Waals surface area contributed by atoms with Gasteiger partial charge >= 0.3 is 0 Å². The lowest BCUT2D eigenvalue weighted by molar-refractivity contribution is 0.129. The molecular formula is C33H39F3N2O2. The number of benzene rings is 2. The van der Waals surface area contributed by atoms with Crippen molar-refractivity contribution in [2.24, 2.45) is 0 Å². The van der Waals surface area contributed by atoms with Gasteiger partial charge in [-0.05, 0) is 104 Å². The molecule has 0 saturated carbocycles. The van der Waals surface area contributed by atoms with E-state index >= 15 is 4.39 Å². The van der Waals surface area contributed by atoms with Crippen LogP contribution in [0, 0.1) is 11.6 Å². The number of nitrogens with zero attached hydrogens (tertiary/aromatic N) is 1. The highest BCUT2D eigenvalue weighted by atomic mass is 19.1. The van der Waals surface area contributed by atoms with Crippen LogP contribution >= 0.6 is 0 Å². The largest absolute Gasteiger partial charge is 0.491 e. The van der Waals surface area contributed by atoms with Gasteiger partial charge in [-0.15, -0.1) is 0 Å². The Balaban J connectivity index is 1.73. The Hall–Kier alpha value is -3.45. The van der Waals surface area contributed by atoms with Crippen molar-refractivity contribution in [3.63, 3.8) is 0 Å². The predicted molar refractivity (Wildman–Crippen MR) is 157 cm³/mol. The molecule has 0 amide bonds. The second kappa shape index (κ2) is 13.8. The minimum atomic E-state index is -0.590. The van der Waals surface area contributed by atoms with Gasteiger partial charge in [0.2, 0.25) is 0 Å². The molecule has 0 spiro atoms. The zero-order chi connectivity index (χ0) is 28.6. The molecule has 1 aliphatic carbocycles. The average molecular weight is 553 g/mol. The fraction of sp³-hybridized carbons (Fsp3) is 0.394. The van der Waals surface area contributed by atoms with Gasteiger partial charge in [0.1, 0.15) is 17.7 Å². The number of fused-ring (bicyclic) bond motifs is 1. The normalized spacial score (nSPS) is 18.5. The highest BCUT2D eigenvalue weighted by molar-refractivity contribution is 5.99. The van der Waals surface area contributed by atoms with E-state index < -0.39 is 11.6 Å². The van der Waals surface area contributed by atoms with E-state index in [2.05, 4.69) is 11.5 Å². The average Bonchev–Trinajstić information content (AvgIpc) is 3.30. The first-order valence-corrected chi connectivity index (χ1v) is 14.0. The minimum absolute atomic E-state index is 0.00912. The predicted octanol–water partition coefficient (Wildman–Crippen LogP) is 7.66. The first kappa shape index (κ1) is 29.5. The van der Waals surface area contributed by atoms with E-state index in [0.29, 0.717) is 24.3 Å². The monoisotopic (exact) mass is 552 g/mol. The number of anilines is 1. The fourth-order valence-electron chi connectivity index (χ4n) is 5.57. The number of rotatable bonds is 11. The Morgan fingerprint density at radius 3 is 2.70 bits per heavy atom. The molecule has 4 nitrogen and oxygen atoms in total. The van der Waals surface area contributed by atoms with Gasteiger partial charge in [0, 0.05) is 37.0 Å². The third-order valence-corrected chi connectivity index (χ3v) is 7.45. The minimum Gasteiger partial charge on any atom is -0.491 e. The fourth-order valence-corrected chi connectivity index (χ4v) is 5.57. The third kappa shape index (κ3) is 7.00. The number of nitrogens with two attached hydrogens (primary N) is 1. The van der Waals surface area contributed by atoms with Gasteiger partial charge in [-0.25, -0.2) is 8.78 Å². The van der Waals surface area contributed by atoms with Gasteiger partial charge in [-0.2, -0.15) is 0 Å². The number of halogens is 3. The summed E-state index contributed by atoms with van der Waals surface area (Å²) in [7, 11) is 0. The highest BCUT2D eigenvalue weighted by Crippen LogP contribution is 2.42. The van der Waals surface area contributed by atoms with Crippen LogP contribution in [-0.4, -0.2) is 43.9 Å². The number of allylic oxidation sites excluding steroid dienone is 6. The van der Waals surface area contributed by atoms with Crippen molar-refractivity contribution in [3.05, 3.63) is 94.8 Å². The molecule has 1 heterocycles. The molecule has 40 heavy (non-hydrogen) atoms. The summed E-state index contributed by atoms with van der Waals surface area (Å²) in [5.41, 5.74) is 11.5. The lowest BCUT2D eigenvalue weighted by Crippen LogP contribution is -2.24. The molecule has 0 radical (unpaired) electrons. The van der Waals surface area contributed by atoms with Crippen LogP contribution < -0.4 is 10.5 Å². The molecule has 1 atom stereocenters. The van der Waals surface area contributed by atoms with Crippen molar-refractivity contribution in [3.8, 4) is 5.75 Å². The van der Waals surface area contributed by atoms with Crippen molar-refractivity contribution in [1.29, 1.82) is 0 Å². The molecule has 214 valence electrons. The molecule has 0 aromatic heterocycles. The summed E-state index contributed by atoms with van der Waals surface area (Å²) in [6.45, 7) is 9.91. The van der Waals surface area contributed by atoms with E-state index in [-0.39, 0.29) is 30.7 Å². The Morgan fingerprint density at radius 2 is 1.95 bits per heavy atom. The van der Waals surface area contributed by atoms with Gasteiger partial charge in [0.05, 0.1) is 13.3 Å². The zero-order valence-corrected chi connectivity index (χ0v) is 23.4. The second-order valence-electron chi connectivity index (χ2n) is 10.3. The highest BCUT2D eigenvalue weighted by Gasteiger charge is 2.25. The summed E-state index contributed by atoms with van der Waals surface area (Å²) in [6.07, 6.45) is 9.01. The third-order valence-electron chi connectivity index (χ3n) is 7.45. The molecule has 2 aromatic rings. The number of hydrogen-bond acceptors (Lipinski definition) is 4. The van der Waals surface area contributed by atoms with Crippen molar-refractivity contribution in [2.75, 3.05) is 38.6 Å². The zero-order valence-electron chi connectivity index (χ0n) is 23.4. The van der Waals surface area contributed by atoms with Crippen LogP contribution in [0.3, 0.4) is 0 Å². The number of aryl methyl sites for hydroxylation is 1. The number of alkyl halides is 1. The molecule has 4 rings (SSSR count). The molecule has 2 aromatic carbocycles. The Morgan fingerprint density at radius 1 is 1.12 bits per heavy atom.